The van der Waals surface area contributed by atoms with Crippen LogP contribution in [-0.2, 0) is 25.8 Å². The molecule has 2 aromatic carbocycles. The number of carbonyl (C=O) groups excluding carboxylic acids is 1. The van der Waals surface area contributed by atoms with Crippen LogP contribution in [0.25, 0.3) is 0 Å². The normalized spacial score (nSPS) is 14.3. The fourth-order valence-electron chi connectivity index (χ4n) is 3.94. The first-order valence-corrected chi connectivity index (χ1v) is 10.7. The molecular weight excluding hydrogens is 417 g/mol. The summed E-state index contributed by atoms with van der Waals surface area (Å²) in [5.74, 6) is 0.887. The van der Waals surface area contributed by atoms with Crippen LogP contribution in [0.2, 0.25) is 0 Å². The third kappa shape index (κ3) is 5.59. The van der Waals surface area contributed by atoms with Crippen LogP contribution in [0.1, 0.15) is 45.8 Å². The minimum Gasteiger partial charge on any atom is -0.455 e. The SMILES string of the molecule is O=C(c1ccc(CN(Cc2ccccc2)Cc2ccc(C(F)(F)F)cc2)o1)N1CCCC1. The second kappa shape index (κ2) is 9.61. The van der Waals surface area contributed by atoms with Crippen LogP contribution in [0, 0.1) is 0 Å². The number of halogens is 3. The van der Waals surface area contributed by atoms with Crippen LogP contribution in [0.5, 0.6) is 0 Å². The molecule has 32 heavy (non-hydrogen) atoms. The van der Waals surface area contributed by atoms with E-state index in [1.165, 1.54) is 12.1 Å². The third-order valence-electron chi connectivity index (χ3n) is 5.58. The highest BCUT2D eigenvalue weighted by Crippen LogP contribution is 2.29. The zero-order valence-electron chi connectivity index (χ0n) is 17.6. The molecule has 0 atom stereocenters. The number of alkyl halides is 3. The Hall–Kier alpha value is -3.06. The van der Waals surface area contributed by atoms with E-state index in [4.69, 9.17) is 4.42 Å². The second-order valence-electron chi connectivity index (χ2n) is 8.09. The van der Waals surface area contributed by atoms with Gasteiger partial charge >= 0.3 is 6.18 Å². The lowest BCUT2D eigenvalue weighted by Crippen LogP contribution is -2.27. The van der Waals surface area contributed by atoms with Crippen LogP contribution in [-0.4, -0.2) is 28.8 Å². The van der Waals surface area contributed by atoms with E-state index in [1.807, 2.05) is 30.3 Å². The van der Waals surface area contributed by atoms with E-state index in [2.05, 4.69) is 4.90 Å². The van der Waals surface area contributed by atoms with Gasteiger partial charge in [-0.15, -0.1) is 0 Å². The molecule has 0 aliphatic carbocycles. The van der Waals surface area contributed by atoms with Gasteiger partial charge in [-0.3, -0.25) is 9.69 Å². The van der Waals surface area contributed by atoms with Crippen LogP contribution in [0.15, 0.2) is 71.1 Å². The molecule has 1 aliphatic rings. The van der Waals surface area contributed by atoms with Crippen molar-refractivity contribution in [3.8, 4) is 0 Å². The highest BCUT2D eigenvalue weighted by Gasteiger charge is 2.30. The van der Waals surface area contributed by atoms with Crippen molar-refractivity contribution in [2.45, 2.75) is 38.7 Å². The molecule has 1 saturated heterocycles. The molecule has 168 valence electrons. The fraction of sp³-hybridized carbons (Fsp3) is 0.320. The van der Waals surface area contributed by atoms with Crippen molar-refractivity contribution in [3.05, 3.63) is 94.9 Å². The molecule has 0 spiro atoms. The number of hydrogen-bond donors (Lipinski definition) is 0. The standard InChI is InChI=1S/C25H25F3N2O2/c26-25(27,28)21-10-8-20(9-11-21)17-29(16-19-6-2-1-3-7-19)18-22-12-13-23(32-22)24(31)30-14-4-5-15-30/h1-3,6-13H,4-5,14-18H2. The summed E-state index contributed by atoms with van der Waals surface area (Å²) in [5.41, 5.74) is 1.19. The summed E-state index contributed by atoms with van der Waals surface area (Å²) in [6.45, 7) is 2.98. The quantitative estimate of drug-likeness (QED) is 0.468. The van der Waals surface area contributed by atoms with E-state index < -0.39 is 11.7 Å². The lowest BCUT2D eigenvalue weighted by atomic mass is 10.1. The van der Waals surface area contributed by atoms with E-state index in [-0.39, 0.29) is 5.91 Å². The maximum absolute atomic E-state index is 12.9. The minimum atomic E-state index is -4.35. The predicted molar refractivity (Wildman–Crippen MR) is 115 cm³/mol. The van der Waals surface area contributed by atoms with Gasteiger partial charge in [0.25, 0.3) is 5.91 Å². The molecule has 1 aromatic heterocycles. The molecule has 4 rings (SSSR count). The van der Waals surface area contributed by atoms with Crippen molar-refractivity contribution < 1.29 is 22.4 Å². The van der Waals surface area contributed by atoms with Gasteiger partial charge in [-0.2, -0.15) is 13.2 Å². The van der Waals surface area contributed by atoms with E-state index >= 15 is 0 Å². The third-order valence-corrected chi connectivity index (χ3v) is 5.58. The number of likely N-dealkylation sites (tertiary alicyclic amines) is 1. The predicted octanol–water partition coefficient (Wildman–Crippen LogP) is 5.74. The van der Waals surface area contributed by atoms with E-state index in [0.29, 0.717) is 31.2 Å². The number of nitrogens with zero attached hydrogens (tertiary/aromatic N) is 2. The summed E-state index contributed by atoms with van der Waals surface area (Å²) in [7, 11) is 0. The van der Waals surface area contributed by atoms with E-state index in [9.17, 15) is 18.0 Å². The van der Waals surface area contributed by atoms with Gasteiger partial charge in [-0.05, 0) is 48.2 Å². The van der Waals surface area contributed by atoms with E-state index in [1.54, 1.807) is 17.0 Å². The maximum atomic E-state index is 12.9. The lowest BCUT2D eigenvalue weighted by molar-refractivity contribution is -0.137. The molecular formula is C25H25F3N2O2. The topological polar surface area (TPSA) is 36.7 Å². The zero-order valence-corrected chi connectivity index (χ0v) is 17.6. The highest BCUT2D eigenvalue weighted by molar-refractivity contribution is 5.91. The molecule has 1 amide bonds. The molecule has 4 nitrogen and oxygen atoms in total. The highest BCUT2D eigenvalue weighted by atomic mass is 19.4. The first kappa shape index (κ1) is 22.1. The fourth-order valence-corrected chi connectivity index (χ4v) is 3.94. The molecule has 0 bridgehead atoms. The Balaban J connectivity index is 1.49. The molecule has 2 heterocycles. The molecule has 1 aliphatic heterocycles. The van der Waals surface area contributed by atoms with Crippen LogP contribution in [0.3, 0.4) is 0 Å². The summed E-state index contributed by atoms with van der Waals surface area (Å²) in [6, 6.07) is 18.6. The summed E-state index contributed by atoms with van der Waals surface area (Å²) < 4.78 is 44.5. The Morgan fingerprint density at radius 1 is 0.844 bits per heavy atom. The Kier molecular flexibility index (Phi) is 6.65. The summed E-state index contributed by atoms with van der Waals surface area (Å²) in [5, 5.41) is 0. The van der Waals surface area contributed by atoms with Gasteiger partial charge in [0.2, 0.25) is 0 Å². The van der Waals surface area contributed by atoms with Crippen molar-refractivity contribution in [3.63, 3.8) is 0 Å². The van der Waals surface area contributed by atoms with Crippen molar-refractivity contribution in [1.29, 1.82) is 0 Å². The van der Waals surface area contributed by atoms with Crippen molar-refractivity contribution >= 4 is 5.91 Å². The first-order valence-electron chi connectivity index (χ1n) is 10.7. The lowest BCUT2D eigenvalue weighted by Gasteiger charge is -2.22. The van der Waals surface area contributed by atoms with E-state index in [0.717, 1.165) is 49.2 Å². The average molecular weight is 442 g/mol. The maximum Gasteiger partial charge on any atom is 0.416 e. The van der Waals surface area contributed by atoms with Gasteiger partial charge in [0.15, 0.2) is 5.76 Å². The number of rotatable bonds is 7. The van der Waals surface area contributed by atoms with Gasteiger partial charge in [0.05, 0.1) is 12.1 Å². The second-order valence-corrected chi connectivity index (χ2v) is 8.09. The van der Waals surface area contributed by atoms with Crippen LogP contribution >= 0.6 is 0 Å². The molecule has 1 fully saturated rings. The number of hydrogen-bond acceptors (Lipinski definition) is 3. The number of amides is 1. The smallest absolute Gasteiger partial charge is 0.416 e. The zero-order chi connectivity index (χ0) is 22.6. The van der Waals surface area contributed by atoms with Crippen LogP contribution in [0.4, 0.5) is 13.2 Å². The Labute approximate surface area is 185 Å². The average Bonchev–Trinajstić information content (AvgIpc) is 3.46. The molecule has 0 radical (unpaired) electrons. The van der Waals surface area contributed by atoms with Crippen molar-refractivity contribution in [1.82, 2.24) is 9.80 Å². The van der Waals surface area contributed by atoms with Gasteiger partial charge in [0.1, 0.15) is 5.76 Å². The Morgan fingerprint density at radius 3 is 2.09 bits per heavy atom. The number of furan rings is 1. The Morgan fingerprint density at radius 2 is 1.47 bits per heavy atom. The number of carbonyl (C=O) groups is 1. The van der Waals surface area contributed by atoms with Gasteiger partial charge in [0, 0.05) is 26.2 Å². The molecule has 0 saturated carbocycles. The molecule has 0 unspecified atom stereocenters. The first-order chi connectivity index (χ1) is 15.4. The summed E-state index contributed by atoms with van der Waals surface area (Å²) in [6.07, 6.45) is -2.33. The monoisotopic (exact) mass is 442 g/mol. The van der Waals surface area contributed by atoms with Crippen LogP contribution < -0.4 is 0 Å². The minimum absolute atomic E-state index is 0.0916. The van der Waals surface area contributed by atoms with Crippen molar-refractivity contribution in [2.24, 2.45) is 0 Å². The molecule has 0 N–H and O–H groups in total. The Bertz CT molecular complexity index is 1020. The van der Waals surface area contributed by atoms with Crippen molar-refractivity contribution in [2.75, 3.05) is 13.1 Å². The summed E-state index contributed by atoms with van der Waals surface area (Å²) in [4.78, 5) is 16.5. The van der Waals surface area contributed by atoms with Gasteiger partial charge in [-0.25, -0.2) is 0 Å². The largest absolute Gasteiger partial charge is 0.455 e. The van der Waals surface area contributed by atoms with Gasteiger partial charge in [-0.1, -0.05) is 42.5 Å². The number of benzene rings is 2. The van der Waals surface area contributed by atoms with Gasteiger partial charge < -0.3 is 9.32 Å². The molecule has 3 aromatic rings. The summed E-state index contributed by atoms with van der Waals surface area (Å²) >= 11 is 0. The molecule has 7 heteroatoms.